The largest absolute Gasteiger partial charge is 0.493 e. The molecule has 0 atom stereocenters. The van der Waals surface area contributed by atoms with Crippen molar-refractivity contribution in [2.75, 3.05) is 13.7 Å². The molecule has 106 valence electrons. The number of rotatable bonds is 7. The van der Waals surface area contributed by atoms with E-state index >= 15 is 0 Å². The van der Waals surface area contributed by atoms with Crippen LogP contribution in [0.15, 0.2) is 23.8 Å². The quantitative estimate of drug-likeness (QED) is 0.470. The van der Waals surface area contributed by atoms with E-state index < -0.39 is 5.97 Å². The Morgan fingerprint density at radius 2 is 2.20 bits per heavy atom. The first-order chi connectivity index (χ1) is 9.62. The van der Waals surface area contributed by atoms with Gasteiger partial charge in [0.05, 0.1) is 13.7 Å². The second kappa shape index (κ2) is 7.85. The first-order valence-electron chi connectivity index (χ1n) is 6.28. The zero-order valence-electron chi connectivity index (χ0n) is 11.5. The van der Waals surface area contributed by atoms with Crippen molar-refractivity contribution < 1.29 is 19.4 Å². The molecule has 20 heavy (non-hydrogen) atoms. The molecule has 5 nitrogen and oxygen atoms in total. The van der Waals surface area contributed by atoms with Gasteiger partial charge >= 0.3 is 5.97 Å². The number of carboxylic acids is 1. The molecule has 0 fully saturated rings. The van der Waals surface area contributed by atoms with Gasteiger partial charge < -0.3 is 14.6 Å². The molecule has 0 saturated heterocycles. The number of nitrogens with zero attached hydrogens (tertiary/aromatic N) is 1. The number of carbonyl (C=O) groups is 1. The summed E-state index contributed by atoms with van der Waals surface area (Å²) >= 11 is 0. The first-order valence-corrected chi connectivity index (χ1v) is 6.28. The molecule has 0 aliphatic rings. The van der Waals surface area contributed by atoms with Crippen LogP contribution in [0.5, 0.6) is 11.5 Å². The van der Waals surface area contributed by atoms with E-state index in [1.807, 2.05) is 0 Å². The molecule has 5 heteroatoms. The van der Waals surface area contributed by atoms with Crippen molar-refractivity contribution in [3.05, 3.63) is 29.3 Å². The highest BCUT2D eigenvalue weighted by atomic mass is 16.5. The number of nitriles is 1. The number of hydrogen-bond donors (Lipinski definition) is 1. The maximum Gasteiger partial charge on any atom is 0.346 e. The Kier molecular flexibility index (Phi) is 6.11. The SMILES string of the molecule is CCCCOc1ccc(C=C(C#N)C(=O)O)cc1OC. The van der Waals surface area contributed by atoms with Gasteiger partial charge in [-0.3, -0.25) is 0 Å². The summed E-state index contributed by atoms with van der Waals surface area (Å²) in [5, 5.41) is 17.5. The molecule has 1 aromatic carbocycles. The summed E-state index contributed by atoms with van der Waals surface area (Å²) in [6.07, 6.45) is 3.27. The summed E-state index contributed by atoms with van der Waals surface area (Å²) in [5.41, 5.74) is 0.246. The third-order valence-electron chi connectivity index (χ3n) is 2.61. The second-order valence-corrected chi connectivity index (χ2v) is 4.09. The Morgan fingerprint density at radius 1 is 1.45 bits per heavy atom. The second-order valence-electron chi connectivity index (χ2n) is 4.09. The fraction of sp³-hybridized carbons (Fsp3) is 0.333. The van der Waals surface area contributed by atoms with E-state index in [1.54, 1.807) is 24.3 Å². The molecule has 0 heterocycles. The van der Waals surface area contributed by atoms with E-state index in [1.165, 1.54) is 13.2 Å². The molecule has 0 radical (unpaired) electrons. The Morgan fingerprint density at radius 3 is 2.75 bits per heavy atom. The van der Waals surface area contributed by atoms with Crippen molar-refractivity contribution in [3.63, 3.8) is 0 Å². The Hall–Kier alpha value is -2.48. The van der Waals surface area contributed by atoms with Crippen LogP contribution in [-0.4, -0.2) is 24.8 Å². The minimum Gasteiger partial charge on any atom is -0.493 e. The maximum atomic E-state index is 10.8. The van der Waals surface area contributed by atoms with Crippen molar-refractivity contribution in [2.24, 2.45) is 0 Å². The van der Waals surface area contributed by atoms with Gasteiger partial charge in [-0.15, -0.1) is 0 Å². The molecule has 0 saturated carbocycles. The fourth-order valence-electron chi connectivity index (χ4n) is 1.53. The first kappa shape index (κ1) is 15.6. The lowest BCUT2D eigenvalue weighted by Crippen LogP contribution is -2.00. The molecule has 0 bridgehead atoms. The summed E-state index contributed by atoms with van der Waals surface area (Å²) < 4.78 is 10.8. The lowest BCUT2D eigenvalue weighted by Gasteiger charge is -2.11. The number of benzene rings is 1. The number of unbranched alkanes of at least 4 members (excludes halogenated alkanes) is 1. The molecule has 0 unspecified atom stereocenters. The van der Waals surface area contributed by atoms with Crippen molar-refractivity contribution >= 4 is 12.0 Å². The van der Waals surface area contributed by atoms with Crippen LogP contribution in [0.25, 0.3) is 6.08 Å². The van der Waals surface area contributed by atoms with Crippen molar-refractivity contribution in [1.29, 1.82) is 5.26 Å². The van der Waals surface area contributed by atoms with Crippen LogP contribution in [-0.2, 0) is 4.79 Å². The number of aliphatic carboxylic acids is 1. The van der Waals surface area contributed by atoms with Crippen LogP contribution in [0.1, 0.15) is 25.3 Å². The molecule has 0 spiro atoms. The molecule has 0 aliphatic carbocycles. The highest BCUT2D eigenvalue weighted by Crippen LogP contribution is 2.29. The molecule has 0 aromatic heterocycles. The topological polar surface area (TPSA) is 79.5 Å². The Balaban J connectivity index is 2.98. The summed E-state index contributed by atoms with van der Waals surface area (Å²) in [6, 6.07) is 6.66. The highest BCUT2D eigenvalue weighted by Gasteiger charge is 2.08. The van der Waals surface area contributed by atoms with Gasteiger partial charge in [-0.05, 0) is 30.2 Å². The minimum atomic E-state index is -1.25. The Bertz CT molecular complexity index is 543. The van der Waals surface area contributed by atoms with Crippen LogP contribution < -0.4 is 9.47 Å². The summed E-state index contributed by atoms with van der Waals surface area (Å²) in [6.45, 7) is 2.67. The van der Waals surface area contributed by atoms with E-state index in [2.05, 4.69) is 6.92 Å². The molecule has 1 aromatic rings. The van der Waals surface area contributed by atoms with Gasteiger partial charge in [0.2, 0.25) is 0 Å². The number of hydrogen-bond acceptors (Lipinski definition) is 4. The summed E-state index contributed by atoms with van der Waals surface area (Å²) in [7, 11) is 1.51. The molecule has 1 rings (SSSR count). The summed E-state index contributed by atoms with van der Waals surface area (Å²) in [4.78, 5) is 10.8. The highest BCUT2D eigenvalue weighted by molar-refractivity contribution is 5.96. The molecule has 1 N–H and O–H groups in total. The number of carboxylic acid groups (broad SMARTS) is 1. The van der Waals surface area contributed by atoms with Crippen molar-refractivity contribution in [1.82, 2.24) is 0 Å². The molecule has 0 amide bonds. The van der Waals surface area contributed by atoms with E-state index in [9.17, 15) is 4.79 Å². The third kappa shape index (κ3) is 4.32. The van der Waals surface area contributed by atoms with Gasteiger partial charge in [0.1, 0.15) is 11.6 Å². The van der Waals surface area contributed by atoms with Crippen molar-refractivity contribution in [3.8, 4) is 17.6 Å². The predicted molar refractivity (Wildman–Crippen MR) is 74.6 cm³/mol. The van der Waals surface area contributed by atoms with E-state index in [0.29, 0.717) is 23.7 Å². The van der Waals surface area contributed by atoms with E-state index in [0.717, 1.165) is 12.8 Å². The number of ether oxygens (including phenoxy) is 2. The van der Waals surface area contributed by atoms with Crippen LogP contribution >= 0.6 is 0 Å². The number of methoxy groups -OCH3 is 1. The zero-order chi connectivity index (χ0) is 15.0. The van der Waals surface area contributed by atoms with Gasteiger partial charge in [-0.25, -0.2) is 4.79 Å². The average Bonchev–Trinajstić information content (AvgIpc) is 2.45. The van der Waals surface area contributed by atoms with Crippen LogP contribution in [0, 0.1) is 11.3 Å². The van der Waals surface area contributed by atoms with Crippen LogP contribution in [0.3, 0.4) is 0 Å². The monoisotopic (exact) mass is 275 g/mol. The van der Waals surface area contributed by atoms with Gasteiger partial charge in [0.25, 0.3) is 0 Å². The fourth-order valence-corrected chi connectivity index (χ4v) is 1.53. The third-order valence-corrected chi connectivity index (χ3v) is 2.61. The van der Waals surface area contributed by atoms with Gasteiger partial charge in [-0.2, -0.15) is 5.26 Å². The summed E-state index contributed by atoms with van der Waals surface area (Å²) in [5.74, 6) is -0.140. The molecular formula is C15H17NO4. The van der Waals surface area contributed by atoms with Gasteiger partial charge in [-0.1, -0.05) is 19.4 Å². The van der Waals surface area contributed by atoms with Crippen LogP contribution in [0.4, 0.5) is 0 Å². The van der Waals surface area contributed by atoms with Crippen molar-refractivity contribution in [2.45, 2.75) is 19.8 Å². The van der Waals surface area contributed by atoms with E-state index in [-0.39, 0.29) is 5.57 Å². The van der Waals surface area contributed by atoms with Crippen LogP contribution in [0.2, 0.25) is 0 Å². The average molecular weight is 275 g/mol. The lowest BCUT2D eigenvalue weighted by atomic mass is 10.1. The Labute approximate surface area is 118 Å². The molecular weight excluding hydrogens is 258 g/mol. The standard InChI is InChI=1S/C15H17NO4/c1-3-4-7-20-13-6-5-11(9-14(13)19-2)8-12(10-16)15(17)18/h5-6,8-9H,3-4,7H2,1-2H3,(H,17,18). The van der Waals surface area contributed by atoms with E-state index in [4.69, 9.17) is 19.8 Å². The van der Waals surface area contributed by atoms with Gasteiger partial charge in [0, 0.05) is 0 Å². The zero-order valence-corrected chi connectivity index (χ0v) is 11.5. The predicted octanol–water partition coefficient (Wildman–Crippen LogP) is 2.87. The minimum absolute atomic E-state index is 0.327. The molecule has 0 aliphatic heterocycles. The lowest BCUT2D eigenvalue weighted by molar-refractivity contribution is -0.132. The normalized spacial score (nSPS) is 10.8. The smallest absolute Gasteiger partial charge is 0.346 e. The van der Waals surface area contributed by atoms with Gasteiger partial charge in [0.15, 0.2) is 11.5 Å². The maximum absolute atomic E-state index is 10.8.